The molecule has 3 rings (SSSR count). The number of carboxylic acid groups (broad SMARTS) is 1. The molecule has 1 N–H and O–H groups in total. The van der Waals surface area contributed by atoms with Gasteiger partial charge in [0.25, 0.3) is 0 Å². The monoisotopic (exact) mass is 223 g/mol. The van der Waals surface area contributed by atoms with Crippen molar-refractivity contribution in [2.24, 2.45) is 17.8 Å². The summed E-state index contributed by atoms with van der Waals surface area (Å²) in [6.45, 7) is 0.643. The normalized spacial score (nSPS) is 37.5. The van der Waals surface area contributed by atoms with E-state index in [1.165, 1.54) is 12.8 Å². The van der Waals surface area contributed by atoms with Crippen LogP contribution in [0.25, 0.3) is 0 Å². The highest BCUT2D eigenvalue weighted by molar-refractivity contribution is 5.87. The maximum atomic E-state index is 12.1. The molecule has 0 aromatic rings. The van der Waals surface area contributed by atoms with Crippen molar-refractivity contribution in [3.8, 4) is 0 Å². The summed E-state index contributed by atoms with van der Waals surface area (Å²) in [5, 5.41) is 9.03. The Morgan fingerprint density at radius 1 is 1.19 bits per heavy atom. The van der Waals surface area contributed by atoms with Gasteiger partial charge in [0.05, 0.1) is 0 Å². The minimum Gasteiger partial charge on any atom is -0.480 e. The van der Waals surface area contributed by atoms with Crippen molar-refractivity contribution >= 4 is 11.9 Å². The third-order valence-corrected chi connectivity index (χ3v) is 4.21. The van der Waals surface area contributed by atoms with E-state index in [1.54, 1.807) is 4.90 Å². The molecule has 2 saturated carbocycles. The molecular weight excluding hydrogens is 206 g/mol. The Morgan fingerprint density at radius 2 is 1.94 bits per heavy atom. The second kappa shape index (κ2) is 3.47. The molecule has 2 aliphatic carbocycles. The molecule has 4 nitrogen and oxygen atoms in total. The number of hydrogen-bond donors (Lipinski definition) is 1. The molecule has 1 aliphatic heterocycles. The van der Waals surface area contributed by atoms with Gasteiger partial charge in [0.15, 0.2) is 0 Å². The zero-order valence-corrected chi connectivity index (χ0v) is 9.26. The van der Waals surface area contributed by atoms with Crippen molar-refractivity contribution in [1.29, 1.82) is 0 Å². The molecule has 16 heavy (non-hydrogen) atoms. The van der Waals surface area contributed by atoms with Gasteiger partial charge in [0.2, 0.25) is 5.91 Å². The lowest BCUT2D eigenvalue weighted by atomic mass is 10.2. The Labute approximate surface area is 94.6 Å². The van der Waals surface area contributed by atoms with Gasteiger partial charge in [-0.25, -0.2) is 4.79 Å². The molecule has 3 atom stereocenters. The Kier molecular flexibility index (Phi) is 2.19. The molecule has 3 unspecified atom stereocenters. The number of carbonyl (C=O) groups excluding carboxylic acids is 1. The maximum absolute atomic E-state index is 12.1. The molecule has 88 valence electrons. The van der Waals surface area contributed by atoms with Crippen LogP contribution in [-0.2, 0) is 9.59 Å². The molecule has 3 fully saturated rings. The van der Waals surface area contributed by atoms with Crippen LogP contribution in [0.15, 0.2) is 0 Å². The van der Waals surface area contributed by atoms with E-state index in [1.807, 2.05) is 0 Å². The Balaban J connectivity index is 1.63. The van der Waals surface area contributed by atoms with Crippen LogP contribution in [0.4, 0.5) is 0 Å². The van der Waals surface area contributed by atoms with E-state index < -0.39 is 12.0 Å². The van der Waals surface area contributed by atoms with Crippen molar-refractivity contribution in [3.63, 3.8) is 0 Å². The quantitative estimate of drug-likeness (QED) is 0.779. The van der Waals surface area contributed by atoms with E-state index in [2.05, 4.69) is 0 Å². The molecule has 3 aliphatic rings. The number of likely N-dealkylation sites (tertiary alicyclic amines) is 1. The summed E-state index contributed by atoms with van der Waals surface area (Å²) in [6.07, 6.45) is 5.02. The highest BCUT2D eigenvalue weighted by Crippen LogP contribution is 2.55. The maximum Gasteiger partial charge on any atom is 0.326 e. The predicted molar refractivity (Wildman–Crippen MR) is 56.7 cm³/mol. The first-order chi connectivity index (χ1) is 7.68. The smallest absolute Gasteiger partial charge is 0.326 e. The minimum atomic E-state index is -0.838. The number of aliphatic carboxylic acids is 1. The third-order valence-electron chi connectivity index (χ3n) is 4.21. The summed E-state index contributed by atoms with van der Waals surface area (Å²) >= 11 is 0. The largest absolute Gasteiger partial charge is 0.480 e. The first kappa shape index (κ1) is 10.1. The molecule has 1 heterocycles. The summed E-state index contributed by atoms with van der Waals surface area (Å²) < 4.78 is 0. The highest BCUT2D eigenvalue weighted by atomic mass is 16.4. The van der Waals surface area contributed by atoms with Crippen molar-refractivity contribution in [2.75, 3.05) is 6.54 Å². The molecule has 0 radical (unpaired) electrons. The summed E-state index contributed by atoms with van der Waals surface area (Å²) in [6, 6.07) is -0.548. The third kappa shape index (κ3) is 1.60. The summed E-state index contributed by atoms with van der Waals surface area (Å²) in [5.74, 6) is 0.797. The number of amides is 1. The van der Waals surface area contributed by atoms with Crippen LogP contribution < -0.4 is 0 Å². The van der Waals surface area contributed by atoms with Crippen molar-refractivity contribution in [2.45, 2.75) is 38.1 Å². The number of rotatable bonds is 3. The van der Waals surface area contributed by atoms with Crippen LogP contribution >= 0.6 is 0 Å². The standard InChI is InChI=1S/C12H17NO3/c14-11(9-6-8(9)7-3-4-7)13-5-1-2-10(13)12(15)16/h7-10H,1-6H2,(H,15,16). The lowest BCUT2D eigenvalue weighted by molar-refractivity contribution is -0.148. The van der Waals surface area contributed by atoms with Crippen LogP contribution in [0, 0.1) is 17.8 Å². The molecule has 4 heteroatoms. The Bertz CT molecular complexity index is 337. The van der Waals surface area contributed by atoms with Gasteiger partial charge in [-0.15, -0.1) is 0 Å². The second-order valence-electron chi connectivity index (χ2n) is 5.37. The SMILES string of the molecule is O=C(O)C1CCCN1C(=O)C1CC1C1CC1. The topological polar surface area (TPSA) is 57.6 Å². The van der Waals surface area contributed by atoms with Gasteiger partial charge in [-0.05, 0) is 43.9 Å². The first-order valence-corrected chi connectivity index (χ1v) is 6.22. The lowest BCUT2D eigenvalue weighted by Crippen LogP contribution is -2.41. The van der Waals surface area contributed by atoms with E-state index in [4.69, 9.17) is 5.11 Å². The van der Waals surface area contributed by atoms with Crippen molar-refractivity contribution < 1.29 is 14.7 Å². The fraction of sp³-hybridized carbons (Fsp3) is 0.833. The van der Waals surface area contributed by atoms with E-state index in [9.17, 15) is 9.59 Å². The average Bonchev–Trinajstić information content (AvgIpc) is 3.11. The molecule has 1 amide bonds. The van der Waals surface area contributed by atoms with Crippen LogP contribution in [-0.4, -0.2) is 34.5 Å². The first-order valence-electron chi connectivity index (χ1n) is 6.22. The number of hydrogen-bond acceptors (Lipinski definition) is 2. The lowest BCUT2D eigenvalue weighted by Gasteiger charge is -2.21. The zero-order chi connectivity index (χ0) is 11.3. The highest BCUT2D eigenvalue weighted by Gasteiger charge is 2.53. The number of nitrogens with zero attached hydrogens (tertiary/aromatic N) is 1. The Hall–Kier alpha value is -1.06. The predicted octanol–water partition coefficient (Wildman–Crippen LogP) is 1.11. The van der Waals surface area contributed by atoms with Gasteiger partial charge in [0.1, 0.15) is 6.04 Å². The molecular formula is C12H17NO3. The van der Waals surface area contributed by atoms with Crippen LogP contribution in [0.2, 0.25) is 0 Å². The molecule has 0 aromatic heterocycles. The zero-order valence-electron chi connectivity index (χ0n) is 9.26. The minimum absolute atomic E-state index is 0.113. The fourth-order valence-corrected chi connectivity index (χ4v) is 3.04. The second-order valence-corrected chi connectivity index (χ2v) is 5.37. The van der Waals surface area contributed by atoms with Crippen LogP contribution in [0.5, 0.6) is 0 Å². The van der Waals surface area contributed by atoms with Gasteiger partial charge in [-0.1, -0.05) is 0 Å². The van der Waals surface area contributed by atoms with E-state index in [-0.39, 0.29) is 11.8 Å². The molecule has 0 aromatic carbocycles. The van der Waals surface area contributed by atoms with Gasteiger partial charge in [-0.3, -0.25) is 4.79 Å². The summed E-state index contributed by atoms with van der Waals surface area (Å²) in [4.78, 5) is 24.7. The van der Waals surface area contributed by atoms with E-state index in [0.717, 1.165) is 18.8 Å². The fourth-order valence-electron chi connectivity index (χ4n) is 3.04. The van der Waals surface area contributed by atoms with Gasteiger partial charge < -0.3 is 10.0 Å². The van der Waals surface area contributed by atoms with Crippen molar-refractivity contribution in [1.82, 2.24) is 4.90 Å². The van der Waals surface area contributed by atoms with Gasteiger partial charge >= 0.3 is 5.97 Å². The number of carboxylic acids is 1. The van der Waals surface area contributed by atoms with Crippen LogP contribution in [0.3, 0.4) is 0 Å². The average molecular weight is 223 g/mol. The Morgan fingerprint density at radius 3 is 2.56 bits per heavy atom. The van der Waals surface area contributed by atoms with Crippen LogP contribution in [0.1, 0.15) is 32.1 Å². The summed E-state index contributed by atoms with van der Waals surface area (Å²) in [5.41, 5.74) is 0. The number of carbonyl (C=O) groups is 2. The van der Waals surface area contributed by atoms with E-state index in [0.29, 0.717) is 18.9 Å². The molecule has 0 spiro atoms. The van der Waals surface area contributed by atoms with Gasteiger partial charge in [0, 0.05) is 12.5 Å². The summed E-state index contributed by atoms with van der Waals surface area (Å²) in [7, 11) is 0. The molecule has 0 bridgehead atoms. The van der Waals surface area contributed by atoms with Gasteiger partial charge in [-0.2, -0.15) is 0 Å². The van der Waals surface area contributed by atoms with Crippen molar-refractivity contribution in [3.05, 3.63) is 0 Å². The molecule has 1 saturated heterocycles. The van der Waals surface area contributed by atoms with E-state index >= 15 is 0 Å².